The van der Waals surface area contributed by atoms with Crippen LogP contribution in [-0.2, 0) is 4.79 Å². The van der Waals surface area contributed by atoms with Crippen molar-refractivity contribution in [1.82, 2.24) is 20.0 Å². The molecule has 3 heterocycles. The van der Waals surface area contributed by atoms with Gasteiger partial charge in [0.05, 0.1) is 28.4 Å². The minimum atomic E-state index is -0.120. The van der Waals surface area contributed by atoms with Crippen LogP contribution in [0.25, 0.3) is 16.6 Å². The predicted molar refractivity (Wildman–Crippen MR) is 136 cm³/mol. The summed E-state index contributed by atoms with van der Waals surface area (Å²) in [4.78, 5) is 15.3. The Bertz CT molecular complexity index is 1340. The van der Waals surface area contributed by atoms with Gasteiger partial charge in [-0.15, -0.1) is 5.10 Å². The molecular weight excluding hydrogens is 424 g/mol. The van der Waals surface area contributed by atoms with E-state index in [1.54, 1.807) is 0 Å². The van der Waals surface area contributed by atoms with Crippen molar-refractivity contribution >= 4 is 28.3 Å². The molecule has 7 heteroatoms. The van der Waals surface area contributed by atoms with Gasteiger partial charge >= 0.3 is 0 Å². The van der Waals surface area contributed by atoms with Crippen molar-refractivity contribution in [1.29, 1.82) is 0 Å². The van der Waals surface area contributed by atoms with Crippen LogP contribution in [0.2, 0.25) is 0 Å². The van der Waals surface area contributed by atoms with Crippen LogP contribution in [0.5, 0.6) is 0 Å². The lowest BCUT2D eigenvalue weighted by Crippen LogP contribution is -2.41. The van der Waals surface area contributed by atoms with E-state index in [-0.39, 0.29) is 11.8 Å². The maximum Gasteiger partial charge on any atom is 0.229 e. The number of piperidine rings is 1. The molecule has 2 aromatic heterocycles. The number of nitrogens with one attached hydrogen (secondary N) is 1. The lowest BCUT2D eigenvalue weighted by molar-refractivity contribution is -0.120. The fraction of sp³-hybridized carbons (Fsp3) is 0.333. The van der Waals surface area contributed by atoms with E-state index in [0.717, 1.165) is 70.0 Å². The third-order valence-corrected chi connectivity index (χ3v) is 6.57. The third kappa shape index (κ3) is 4.14. The summed E-state index contributed by atoms with van der Waals surface area (Å²) in [5, 5.41) is 18.1. The molecule has 0 aliphatic carbocycles. The Morgan fingerprint density at radius 2 is 1.74 bits per heavy atom. The quantitative estimate of drug-likeness (QED) is 0.474. The number of hydrogen-bond donors (Lipinski definition) is 1. The first-order valence-electron chi connectivity index (χ1n) is 11.8. The summed E-state index contributed by atoms with van der Waals surface area (Å²) >= 11 is 0. The maximum atomic E-state index is 13.1. The summed E-state index contributed by atoms with van der Waals surface area (Å²) in [6, 6.07) is 16.2. The highest BCUT2D eigenvalue weighted by atomic mass is 16.1. The predicted octanol–water partition coefficient (Wildman–Crippen LogP) is 4.90. The van der Waals surface area contributed by atoms with E-state index in [0.29, 0.717) is 6.54 Å². The first-order chi connectivity index (χ1) is 16.4. The summed E-state index contributed by atoms with van der Waals surface area (Å²) < 4.78 is 1.96. The smallest absolute Gasteiger partial charge is 0.229 e. The summed E-state index contributed by atoms with van der Waals surface area (Å²) in [6.45, 7) is 9.56. The fourth-order valence-electron chi connectivity index (χ4n) is 5.02. The molecule has 1 aliphatic heterocycles. The van der Waals surface area contributed by atoms with E-state index in [1.807, 2.05) is 67.9 Å². The summed E-state index contributed by atoms with van der Waals surface area (Å²) in [5.41, 5.74) is 6.88. The summed E-state index contributed by atoms with van der Waals surface area (Å²) in [6.07, 6.45) is 1.77. The Morgan fingerprint density at radius 1 is 1.00 bits per heavy atom. The molecule has 0 spiro atoms. The van der Waals surface area contributed by atoms with Gasteiger partial charge in [-0.1, -0.05) is 24.3 Å². The maximum absolute atomic E-state index is 13.1. The summed E-state index contributed by atoms with van der Waals surface area (Å²) in [7, 11) is 0. The number of carbonyl (C=O) groups excluding carboxylic acids is 1. The second-order valence-corrected chi connectivity index (χ2v) is 9.32. The van der Waals surface area contributed by atoms with Gasteiger partial charge in [-0.2, -0.15) is 10.2 Å². The van der Waals surface area contributed by atoms with Crippen molar-refractivity contribution in [2.45, 2.75) is 40.5 Å². The molecule has 34 heavy (non-hydrogen) atoms. The van der Waals surface area contributed by atoms with Gasteiger partial charge in [0.2, 0.25) is 5.91 Å². The van der Waals surface area contributed by atoms with Crippen LogP contribution in [-0.4, -0.2) is 39.0 Å². The average molecular weight is 455 g/mol. The molecule has 0 saturated carbocycles. The number of fused-ring (bicyclic) bond motifs is 1. The van der Waals surface area contributed by atoms with Gasteiger partial charge in [0, 0.05) is 18.8 Å². The third-order valence-electron chi connectivity index (χ3n) is 6.57. The first-order valence-corrected chi connectivity index (χ1v) is 11.8. The minimum Gasteiger partial charge on any atom is -0.352 e. The Morgan fingerprint density at radius 3 is 2.47 bits per heavy atom. The lowest BCUT2D eigenvalue weighted by atomic mass is 9.96. The summed E-state index contributed by atoms with van der Waals surface area (Å²) in [5.74, 6) is 0.685. The fourth-order valence-corrected chi connectivity index (χ4v) is 5.02. The average Bonchev–Trinajstić information content (AvgIpc) is 3.17. The van der Waals surface area contributed by atoms with Crippen molar-refractivity contribution in [3.05, 3.63) is 71.0 Å². The zero-order valence-corrected chi connectivity index (χ0v) is 20.2. The number of para-hydroxylation sites is 1. The number of benzene rings is 2. The van der Waals surface area contributed by atoms with E-state index in [4.69, 9.17) is 5.10 Å². The Balaban J connectivity index is 1.44. The van der Waals surface area contributed by atoms with Gasteiger partial charge in [-0.25, -0.2) is 4.68 Å². The largest absolute Gasteiger partial charge is 0.352 e. The van der Waals surface area contributed by atoms with Gasteiger partial charge < -0.3 is 10.2 Å². The first kappa shape index (κ1) is 22.1. The molecule has 4 aromatic rings. The molecule has 1 fully saturated rings. The topological polar surface area (TPSA) is 75.9 Å². The molecule has 0 bridgehead atoms. The van der Waals surface area contributed by atoms with Gasteiger partial charge in [0.1, 0.15) is 5.52 Å². The molecule has 1 aliphatic rings. The highest BCUT2D eigenvalue weighted by Gasteiger charge is 2.29. The standard InChI is InChI=1S/C27H30N6O/c1-17-13-18(2)15-22(14-17)28-27(34)21-9-8-12-32(16-21)26-25-24(19(3)29-30-26)20(4)33(31-25)23-10-6-5-7-11-23/h5-7,10-11,13-15,21H,8-9,12,16H2,1-4H3,(H,28,34)/t21-/m1/s1. The number of carbonyl (C=O) groups is 1. The van der Waals surface area contributed by atoms with Crippen molar-refractivity contribution in [3.8, 4) is 5.69 Å². The van der Waals surface area contributed by atoms with E-state index in [9.17, 15) is 4.79 Å². The van der Waals surface area contributed by atoms with Crippen molar-refractivity contribution in [2.75, 3.05) is 23.3 Å². The minimum absolute atomic E-state index is 0.0528. The van der Waals surface area contributed by atoms with E-state index in [2.05, 4.69) is 33.4 Å². The van der Waals surface area contributed by atoms with Crippen LogP contribution < -0.4 is 10.2 Å². The van der Waals surface area contributed by atoms with Crippen LogP contribution in [0.3, 0.4) is 0 Å². The second-order valence-electron chi connectivity index (χ2n) is 9.32. The molecule has 1 N–H and O–H groups in total. The molecule has 0 unspecified atom stereocenters. The molecular formula is C27H30N6O. The molecule has 5 rings (SSSR count). The van der Waals surface area contributed by atoms with Crippen LogP contribution >= 0.6 is 0 Å². The monoisotopic (exact) mass is 454 g/mol. The molecule has 1 amide bonds. The van der Waals surface area contributed by atoms with Crippen molar-refractivity contribution in [2.24, 2.45) is 5.92 Å². The van der Waals surface area contributed by atoms with Crippen LogP contribution in [0.1, 0.15) is 35.4 Å². The van der Waals surface area contributed by atoms with E-state index >= 15 is 0 Å². The van der Waals surface area contributed by atoms with Gasteiger partial charge in [0.15, 0.2) is 5.82 Å². The molecule has 1 atom stereocenters. The number of nitrogens with zero attached hydrogens (tertiary/aromatic N) is 5. The molecule has 0 radical (unpaired) electrons. The van der Waals surface area contributed by atoms with Gasteiger partial charge in [-0.05, 0) is 75.9 Å². The molecule has 1 saturated heterocycles. The lowest BCUT2D eigenvalue weighted by Gasteiger charge is -2.32. The second kappa shape index (κ2) is 8.89. The Hall–Kier alpha value is -3.74. The molecule has 174 valence electrons. The van der Waals surface area contributed by atoms with E-state index in [1.165, 1.54) is 0 Å². The highest BCUT2D eigenvalue weighted by molar-refractivity contribution is 5.95. The zero-order chi connectivity index (χ0) is 23.8. The number of anilines is 2. The molecule has 2 aromatic carbocycles. The number of aromatic nitrogens is 4. The zero-order valence-electron chi connectivity index (χ0n) is 20.2. The Kier molecular flexibility index (Phi) is 5.77. The van der Waals surface area contributed by atoms with Crippen LogP contribution in [0.15, 0.2) is 48.5 Å². The number of amides is 1. The normalized spacial score (nSPS) is 16.1. The number of rotatable bonds is 4. The number of aryl methyl sites for hydroxylation is 4. The number of hydrogen-bond acceptors (Lipinski definition) is 5. The Labute approximate surface area is 199 Å². The van der Waals surface area contributed by atoms with Crippen molar-refractivity contribution in [3.63, 3.8) is 0 Å². The van der Waals surface area contributed by atoms with E-state index < -0.39 is 0 Å². The van der Waals surface area contributed by atoms with Crippen molar-refractivity contribution < 1.29 is 4.79 Å². The van der Waals surface area contributed by atoms with Gasteiger partial charge in [-0.3, -0.25) is 4.79 Å². The van der Waals surface area contributed by atoms with Gasteiger partial charge in [0.25, 0.3) is 0 Å². The van der Waals surface area contributed by atoms with Crippen LogP contribution in [0.4, 0.5) is 11.5 Å². The highest BCUT2D eigenvalue weighted by Crippen LogP contribution is 2.32. The van der Waals surface area contributed by atoms with Crippen LogP contribution in [0, 0.1) is 33.6 Å². The molecule has 7 nitrogen and oxygen atoms in total. The SMILES string of the molecule is Cc1cc(C)cc(NC(=O)[C@@H]2CCCN(c3nnc(C)c4c(C)n(-c5ccccc5)nc34)C2)c1.